The number of rotatable bonds is 6. The summed E-state index contributed by atoms with van der Waals surface area (Å²) in [4.78, 5) is 20.6. The first-order valence-electron chi connectivity index (χ1n) is 9.90. The molecule has 1 heterocycles. The van der Waals surface area contributed by atoms with Crippen LogP contribution in [0.2, 0.25) is 0 Å². The smallest absolute Gasteiger partial charge is 0.490 e. The van der Waals surface area contributed by atoms with Gasteiger partial charge in [-0.15, -0.1) is 0 Å². The maximum absolute atomic E-state index is 12.5. The number of aromatic carboxylic acids is 1. The van der Waals surface area contributed by atoms with E-state index in [1.807, 2.05) is 0 Å². The van der Waals surface area contributed by atoms with Crippen LogP contribution in [0.5, 0.6) is 5.75 Å². The Balaban J connectivity index is 0.000000509. The maximum Gasteiger partial charge on any atom is 0.490 e. The zero-order chi connectivity index (χ0) is 25.8. The standard InChI is InChI=1S/C18H20F3N3O3.C2HF3O2/c19-18(20,21)5-4-11-8-13-10(9-14(11)25)2-3-12-15(13)23-24(7-1-6-22)16(12)17(26)27;3-2(4,5)1(6)7/h8-9,25H,1-7,22H2,(H,26,27);(H,6,7). The number of benzene rings is 1. The SMILES string of the molecule is NCCCn1nc2c(c1C(=O)O)CCc1cc(O)c(CCC(F)(F)F)cc1-2.O=C(O)C(F)(F)F. The van der Waals surface area contributed by atoms with E-state index >= 15 is 0 Å². The number of aryl methyl sites for hydroxylation is 3. The van der Waals surface area contributed by atoms with Gasteiger partial charge in [0.1, 0.15) is 11.4 Å². The van der Waals surface area contributed by atoms with Crippen LogP contribution < -0.4 is 5.73 Å². The van der Waals surface area contributed by atoms with Gasteiger partial charge in [0.2, 0.25) is 0 Å². The van der Waals surface area contributed by atoms with Gasteiger partial charge in [-0.1, -0.05) is 0 Å². The molecule has 14 heteroatoms. The van der Waals surface area contributed by atoms with Crippen LogP contribution in [-0.2, 0) is 30.6 Å². The number of nitrogens with zero attached hydrogens (tertiary/aromatic N) is 2. The molecule has 0 saturated carbocycles. The van der Waals surface area contributed by atoms with Crippen LogP contribution >= 0.6 is 0 Å². The summed E-state index contributed by atoms with van der Waals surface area (Å²) in [5.41, 5.74) is 8.12. The molecule has 0 bridgehead atoms. The number of alkyl halides is 6. The van der Waals surface area contributed by atoms with E-state index in [1.54, 1.807) is 0 Å². The van der Waals surface area contributed by atoms with Gasteiger partial charge in [0, 0.05) is 24.1 Å². The highest BCUT2D eigenvalue weighted by atomic mass is 19.4. The second kappa shape index (κ2) is 10.3. The molecule has 0 saturated heterocycles. The van der Waals surface area contributed by atoms with Crippen molar-refractivity contribution in [1.82, 2.24) is 9.78 Å². The molecular weight excluding hydrogens is 476 g/mol. The van der Waals surface area contributed by atoms with Gasteiger partial charge in [-0.2, -0.15) is 31.4 Å². The molecule has 0 aliphatic heterocycles. The molecule has 188 valence electrons. The van der Waals surface area contributed by atoms with Crippen molar-refractivity contribution >= 4 is 11.9 Å². The number of aromatic hydroxyl groups is 1. The Morgan fingerprint density at radius 2 is 1.71 bits per heavy atom. The zero-order valence-electron chi connectivity index (χ0n) is 17.5. The number of nitrogens with two attached hydrogens (primary N) is 1. The second-order valence-corrected chi connectivity index (χ2v) is 7.40. The molecule has 0 unspecified atom stereocenters. The number of carboxylic acid groups (broad SMARTS) is 2. The van der Waals surface area contributed by atoms with Crippen LogP contribution in [0.1, 0.15) is 40.0 Å². The first-order valence-corrected chi connectivity index (χ1v) is 9.90. The Hall–Kier alpha value is -3.29. The van der Waals surface area contributed by atoms with E-state index in [9.17, 15) is 41.4 Å². The van der Waals surface area contributed by atoms with Crippen LogP contribution in [0.25, 0.3) is 11.3 Å². The first-order chi connectivity index (χ1) is 15.7. The van der Waals surface area contributed by atoms with Gasteiger partial charge >= 0.3 is 24.3 Å². The number of phenols is 1. The molecule has 5 N–H and O–H groups in total. The van der Waals surface area contributed by atoms with E-state index in [-0.39, 0.29) is 23.4 Å². The first kappa shape index (κ1) is 27.0. The molecule has 1 aromatic heterocycles. The third-order valence-corrected chi connectivity index (χ3v) is 4.95. The molecule has 1 aliphatic carbocycles. The average molecular weight is 497 g/mol. The molecule has 0 radical (unpaired) electrons. The van der Waals surface area contributed by atoms with Gasteiger partial charge in [-0.05, 0) is 55.5 Å². The van der Waals surface area contributed by atoms with Gasteiger partial charge in [-0.3, -0.25) is 4.68 Å². The van der Waals surface area contributed by atoms with Crippen LogP contribution in [0, 0.1) is 0 Å². The van der Waals surface area contributed by atoms with E-state index in [0.717, 1.165) is 5.56 Å². The van der Waals surface area contributed by atoms with E-state index in [2.05, 4.69) is 5.10 Å². The van der Waals surface area contributed by atoms with Crippen molar-refractivity contribution in [3.8, 4) is 17.0 Å². The van der Waals surface area contributed by atoms with Crippen LogP contribution in [0.3, 0.4) is 0 Å². The van der Waals surface area contributed by atoms with Gasteiger partial charge in [0.25, 0.3) is 0 Å². The fourth-order valence-corrected chi connectivity index (χ4v) is 3.43. The molecule has 34 heavy (non-hydrogen) atoms. The van der Waals surface area contributed by atoms with E-state index in [1.165, 1.54) is 16.8 Å². The lowest BCUT2D eigenvalue weighted by molar-refractivity contribution is -0.192. The van der Waals surface area contributed by atoms with Gasteiger partial charge < -0.3 is 21.1 Å². The molecule has 0 amide bonds. The monoisotopic (exact) mass is 497 g/mol. The van der Waals surface area contributed by atoms with Gasteiger partial charge in [0.05, 0.1) is 5.69 Å². The minimum absolute atomic E-state index is 0.0917. The predicted octanol–water partition coefficient (Wildman–Crippen LogP) is 3.53. The number of aromatic nitrogens is 2. The van der Waals surface area contributed by atoms with E-state index in [4.69, 9.17) is 15.6 Å². The van der Waals surface area contributed by atoms with Crippen LogP contribution in [0.4, 0.5) is 26.3 Å². The number of carboxylic acids is 2. The van der Waals surface area contributed by atoms with E-state index in [0.29, 0.717) is 49.2 Å². The molecule has 1 aromatic carbocycles. The fourth-order valence-electron chi connectivity index (χ4n) is 3.43. The summed E-state index contributed by atoms with van der Waals surface area (Å²) in [5.74, 6) is -4.03. The van der Waals surface area contributed by atoms with Crippen LogP contribution in [-0.4, -0.2) is 55.9 Å². The molecule has 8 nitrogen and oxygen atoms in total. The fraction of sp³-hybridized carbons (Fsp3) is 0.450. The molecule has 3 rings (SSSR count). The third-order valence-electron chi connectivity index (χ3n) is 4.95. The Morgan fingerprint density at radius 1 is 1.09 bits per heavy atom. The summed E-state index contributed by atoms with van der Waals surface area (Å²) < 4.78 is 70.8. The molecule has 0 spiro atoms. The number of hydrogen-bond donors (Lipinski definition) is 4. The van der Waals surface area contributed by atoms with Crippen molar-refractivity contribution in [2.75, 3.05) is 6.54 Å². The molecular formula is C20H21F6N3O5. The average Bonchev–Trinajstić information content (AvgIpc) is 3.08. The zero-order valence-corrected chi connectivity index (χ0v) is 17.5. The Bertz CT molecular complexity index is 1060. The topological polar surface area (TPSA) is 139 Å². The predicted molar refractivity (Wildman–Crippen MR) is 105 cm³/mol. The van der Waals surface area contributed by atoms with Crippen molar-refractivity contribution < 1.29 is 51.3 Å². The quantitative estimate of drug-likeness (QED) is 0.448. The van der Waals surface area contributed by atoms with Crippen molar-refractivity contribution in [3.05, 3.63) is 34.5 Å². The van der Waals surface area contributed by atoms with Crippen molar-refractivity contribution in [2.45, 2.75) is 51.0 Å². The Morgan fingerprint density at radius 3 is 2.21 bits per heavy atom. The number of phenolic OH excluding ortho intramolecular Hbond substituents is 1. The minimum atomic E-state index is -5.08. The highest BCUT2D eigenvalue weighted by Crippen LogP contribution is 2.39. The number of aliphatic carboxylic acids is 1. The van der Waals surface area contributed by atoms with Gasteiger partial charge in [0.15, 0.2) is 0 Å². The normalized spacial score (nSPS) is 12.9. The summed E-state index contributed by atoms with van der Waals surface area (Å²) in [6.45, 7) is 0.731. The summed E-state index contributed by atoms with van der Waals surface area (Å²) >= 11 is 0. The summed E-state index contributed by atoms with van der Waals surface area (Å²) in [6.07, 6.45) is -9.32. The maximum atomic E-state index is 12.5. The summed E-state index contributed by atoms with van der Waals surface area (Å²) in [5, 5.41) is 31.2. The number of carbonyl (C=O) groups is 2. The molecule has 2 aromatic rings. The minimum Gasteiger partial charge on any atom is -0.508 e. The third kappa shape index (κ3) is 6.62. The van der Waals surface area contributed by atoms with E-state index < -0.39 is 30.7 Å². The highest BCUT2D eigenvalue weighted by molar-refractivity contribution is 5.91. The summed E-state index contributed by atoms with van der Waals surface area (Å²) in [7, 11) is 0. The van der Waals surface area contributed by atoms with Crippen LogP contribution in [0.15, 0.2) is 12.1 Å². The lowest BCUT2D eigenvalue weighted by atomic mass is 9.87. The van der Waals surface area contributed by atoms with Crippen molar-refractivity contribution in [2.24, 2.45) is 5.73 Å². The van der Waals surface area contributed by atoms with Crippen molar-refractivity contribution in [1.29, 1.82) is 0 Å². The highest BCUT2D eigenvalue weighted by Gasteiger charge is 2.38. The summed E-state index contributed by atoms with van der Waals surface area (Å²) in [6, 6.07) is 2.96. The molecule has 0 atom stereocenters. The van der Waals surface area contributed by atoms with Gasteiger partial charge in [-0.25, -0.2) is 9.59 Å². The second-order valence-electron chi connectivity index (χ2n) is 7.40. The molecule has 0 fully saturated rings. The Kier molecular flexibility index (Phi) is 8.18. The number of fused-ring (bicyclic) bond motifs is 3. The van der Waals surface area contributed by atoms with Crippen molar-refractivity contribution in [3.63, 3.8) is 0 Å². The lowest BCUT2D eigenvalue weighted by Crippen LogP contribution is -2.21. The number of hydrogen-bond acceptors (Lipinski definition) is 5. The molecule has 1 aliphatic rings. The number of halogens is 6. The largest absolute Gasteiger partial charge is 0.508 e. The lowest BCUT2D eigenvalue weighted by Gasteiger charge is -2.18. The Labute approximate surface area is 188 Å².